The summed E-state index contributed by atoms with van der Waals surface area (Å²) in [5.74, 6) is 0.549. The Hall–Kier alpha value is -3.28. The molecule has 0 saturated carbocycles. The summed E-state index contributed by atoms with van der Waals surface area (Å²) in [7, 11) is -3.57. The molecule has 1 aliphatic rings. The Balaban J connectivity index is 1.44. The normalized spacial score (nSPS) is 17.7. The van der Waals surface area contributed by atoms with Crippen molar-refractivity contribution in [1.29, 1.82) is 0 Å². The summed E-state index contributed by atoms with van der Waals surface area (Å²) in [4.78, 5) is 35.2. The number of rotatable bonds is 17. The van der Waals surface area contributed by atoms with E-state index in [1.54, 1.807) is 62.3 Å². The molecule has 0 spiro atoms. The van der Waals surface area contributed by atoms with Gasteiger partial charge >= 0.3 is 19.6 Å². The van der Waals surface area contributed by atoms with Crippen molar-refractivity contribution in [2.75, 3.05) is 19.3 Å². The number of thioether (sulfide) groups is 1. The van der Waals surface area contributed by atoms with Crippen LogP contribution in [0, 0.1) is 5.92 Å². The fraction of sp³-hybridized carbons (Fsp3) is 0.429. The fourth-order valence-corrected chi connectivity index (χ4v) is 9.14. The Bertz CT molecular complexity index is 1710. The number of alkyl carbamates (subject to hydrolysis) is 1. The van der Waals surface area contributed by atoms with E-state index < -0.39 is 25.6 Å². The van der Waals surface area contributed by atoms with Crippen LogP contribution in [0.5, 0.6) is 5.75 Å². The number of nitrogens with one attached hydrogen (secondary N) is 2. The number of carbonyl (C=O) groups excluding carboxylic acids is 2. The van der Waals surface area contributed by atoms with Gasteiger partial charge in [-0.2, -0.15) is 0 Å². The van der Waals surface area contributed by atoms with E-state index in [2.05, 4.69) is 40.7 Å². The number of imidazole rings is 1. The molecule has 2 aromatic heterocycles. The van der Waals surface area contributed by atoms with Crippen LogP contribution in [-0.2, 0) is 32.0 Å². The second-order valence-electron chi connectivity index (χ2n) is 12.0. The number of hydrogen-bond acceptors (Lipinski definition) is 9. The Kier molecular flexibility index (Phi) is 14.9. The minimum absolute atomic E-state index is 0.0379. The van der Waals surface area contributed by atoms with Crippen LogP contribution < -0.4 is 14.9 Å². The second kappa shape index (κ2) is 18.8. The molecule has 0 bridgehead atoms. The minimum Gasteiger partial charge on any atom is -0.465 e. The second-order valence-corrected chi connectivity index (χ2v) is 16.2. The molecule has 3 unspecified atom stereocenters. The molecule has 2 heterocycles. The van der Waals surface area contributed by atoms with Crippen molar-refractivity contribution < 1.29 is 28.2 Å². The van der Waals surface area contributed by atoms with Gasteiger partial charge in [0.15, 0.2) is 6.61 Å². The highest BCUT2D eigenvalue weighted by Crippen LogP contribution is 2.45. The van der Waals surface area contributed by atoms with Crippen LogP contribution in [-0.4, -0.2) is 57.3 Å². The number of benzene rings is 1. The predicted molar refractivity (Wildman–Crippen MR) is 198 cm³/mol. The van der Waals surface area contributed by atoms with Gasteiger partial charge in [0.05, 0.1) is 30.4 Å². The van der Waals surface area contributed by atoms with Crippen molar-refractivity contribution in [3.8, 4) is 5.75 Å². The van der Waals surface area contributed by atoms with Crippen LogP contribution in [0.1, 0.15) is 64.0 Å². The molecule has 0 saturated heterocycles. The van der Waals surface area contributed by atoms with Crippen LogP contribution in [0.25, 0.3) is 0 Å². The lowest BCUT2D eigenvalue weighted by molar-refractivity contribution is -0.144. The molecule has 0 aliphatic heterocycles. The first-order valence-electron chi connectivity index (χ1n) is 16.5. The van der Waals surface area contributed by atoms with E-state index in [0.29, 0.717) is 23.2 Å². The number of alkyl halides is 1. The molecular weight excluding hydrogens is 720 g/mol. The molecular formula is C35H44Cl2N5O6PS. The Morgan fingerprint density at radius 2 is 1.82 bits per heavy atom. The third-order valence-corrected chi connectivity index (χ3v) is 11.9. The average Bonchev–Trinajstić information content (AvgIpc) is 3.41. The summed E-state index contributed by atoms with van der Waals surface area (Å²) in [6.07, 6.45) is 6.90. The number of carbonyl (C=O) groups is 2. The molecule has 1 amide bonds. The summed E-state index contributed by atoms with van der Waals surface area (Å²) in [6, 6.07) is 11.7. The SMILES string of the molecule is CCOC(=O)[C@H](C)NP(=O)(CCCNC(=O)OCc1nc(C(C)C)c(SC2=CC(Cl)=CC(Cl)C2C)n1Cc1ccncc1)Oc1ccccc1. The maximum atomic E-state index is 13.8. The summed E-state index contributed by atoms with van der Waals surface area (Å²) in [6.45, 7) is 10.2. The van der Waals surface area contributed by atoms with Crippen molar-refractivity contribution in [1.82, 2.24) is 24.9 Å². The number of esters is 1. The van der Waals surface area contributed by atoms with Gasteiger partial charge in [-0.1, -0.05) is 62.3 Å². The third-order valence-electron chi connectivity index (χ3n) is 7.66. The van der Waals surface area contributed by atoms with E-state index in [1.807, 2.05) is 30.4 Å². The van der Waals surface area contributed by atoms with Gasteiger partial charge < -0.3 is 23.9 Å². The topological polar surface area (TPSA) is 134 Å². The number of amides is 1. The van der Waals surface area contributed by atoms with Gasteiger partial charge in [-0.25, -0.2) is 14.9 Å². The lowest BCUT2D eigenvalue weighted by atomic mass is 10.0. The largest absolute Gasteiger partial charge is 0.465 e. The maximum absolute atomic E-state index is 13.8. The summed E-state index contributed by atoms with van der Waals surface area (Å²) >= 11 is 14.6. The molecule has 15 heteroatoms. The zero-order valence-electron chi connectivity index (χ0n) is 28.8. The fourth-order valence-electron chi connectivity index (χ4n) is 5.00. The molecule has 1 aromatic carbocycles. The Labute approximate surface area is 308 Å². The van der Waals surface area contributed by atoms with E-state index in [4.69, 9.17) is 42.2 Å². The molecule has 2 N–H and O–H groups in total. The van der Waals surface area contributed by atoms with Gasteiger partial charge in [-0.05, 0) is 73.1 Å². The van der Waals surface area contributed by atoms with E-state index in [9.17, 15) is 14.2 Å². The molecule has 11 nitrogen and oxygen atoms in total. The lowest BCUT2D eigenvalue weighted by Gasteiger charge is -2.24. The van der Waals surface area contributed by atoms with Crippen molar-refractivity contribution in [3.05, 3.63) is 94.0 Å². The zero-order valence-corrected chi connectivity index (χ0v) is 32.0. The lowest BCUT2D eigenvalue weighted by Crippen LogP contribution is -2.35. The van der Waals surface area contributed by atoms with Crippen LogP contribution >= 0.6 is 42.5 Å². The number of hydrogen-bond donors (Lipinski definition) is 2. The van der Waals surface area contributed by atoms with Gasteiger partial charge in [0.25, 0.3) is 0 Å². The summed E-state index contributed by atoms with van der Waals surface area (Å²) < 4.78 is 32.4. The highest BCUT2D eigenvalue weighted by Gasteiger charge is 2.31. The van der Waals surface area contributed by atoms with Gasteiger partial charge in [0.2, 0.25) is 0 Å². The predicted octanol–water partition coefficient (Wildman–Crippen LogP) is 8.24. The molecule has 3 aromatic rings. The number of allylic oxidation sites excluding steroid dienone is 4. The van der Waals surface area contributed by atoms with Crippen molar-refractivity contribution in [2.45, 2.75) is 76.6 Å². The quantitative estimate of drug-likeness (QED) is 0.0600. The first-order valence-corrected chi connectivity index (χ1v) is 19.9. The standard InChI is InChI=1S/C35H44Cl2N5O6PS/c1-6-46-34(43)25(5)41-49(45,48-28-11-8-7-9-12-28)18-10-15-39-35(44)47-22-31-40-32(23(2)3)33(42(31)21-26-13-16-38-17-14-26)50-30-20-27(36)19-29(37)24(30)4/h7-9,11-14,16-17,19-20,23-25,29H,6,10,15,18,21-22H2,1-5H3,(H,39,44)(H,41,45)/t24?,25-,29?,49?/m0/s1. The van der Waals surface area contributed by atoms with Gasteiger partial charge in [0.1, 0.15) is 22.6 Å². The number of aromatic nitrogens is 3. The smallest absolute Gasteiger partial charge is 0.407 e. The third kappa shape index (κ3) is 11.4. The first-order chi connectivity index (χ1) is 23.9. The monoisotopic (exact) mass is 763 g/mol. The highest BCUT2D eigenvalue weighted by atomic mass is 35.5. The van der Waals surface area contributed by atoms with Gasteiger partial charge in [-0.3, -0.25) is 14.3 Å². The molecule has 50 heavy (non-hydrogen) atoms. The first kappa shape index (κ1) is 39.5. The van der Waals surface area contributed by atoms with Crippen LogP contribution in [0.2, 0.25) is 0 Å². The van der Waals surface area contributed by atoms with Gasteiger partial charge in [0, 0.05) is 29.9 Å². The van der Waals surface area contributed by atoms with E-state index in [-0.39, 0.29) is 49.6 Å². The number of pyridine rings is 1. The Morgan fingerprint density at radius 1 is 1.10 bits per heavy atom. The number of halogens is 2. The number of ether oxygens (including phenoxy) is 2. The van der Waals surface area contributed by atoms with Crippen LogP contribution in [0.4, 0.5) is 4.79 Å². The molecule has 0 radical (unpaired) electrons. The molecule has 1 aliphatic carbocycles. The zero-order chi connectivity index (χ0) is 36.3. The number of para-hydroxylation sites is 1. The Morgan fingerprint density at radius 3 is 2.50 bits per heavy atom. The maximum Gasteiger partial charge on any atom is 0.407 e. The van der Waals surface area contributed by atoms with Crippen LogP contribution in [0.15, 0.2) is 82.0 Å². The van der Waals surface area contributed by atoms with Crippen molar-refractivity contribution in [2.24, 2.45) is 5.92 Å². The van der Waals surface area contributed by atoms with Gasteiger partial charge in [-0.15, -0.1) is 11.6 Å². The van der Waals surface area contributed by atoms with Crippen LogP contribution in [0.3, 0.4) is 0 Å². The van der Waals surface area contributed by atoms with E-state index in [0.717, 1.165) is 21.2 Å². The summed E-state index contributed by atoms with van der Waals surface area (Å²) in [5, 5.41) is 6.81. The molecule has 4 atom stereocenters. The van der Waals surface area contributed by atoms with E-state index in [1.165, 1.54) is 0 Å². The number of nitrogens with zero attached hydrogens (tertiary/aromatic N) is 3. The van der Waals surface area contributed by atoms with E-state index >= 15 is 0 Å². The summed E-state index contributed by atoms with van der Waals surface area (Å²) in [5.41, 5.74) is 1.87. The molecule has 270 valence electrons. The minimum atomic E-state index is -3.57. The average molecular weight is 765 g/mol. The highest BCUT2D eigenvalue weighted by molar-refractivity contribution is 8.03. The molecule has 0 fully saturated rings. The van der Waals surface area contributed by atoms with Crippen molar-refractivity contribution >= 4 is 54.5 Å². The molecule has 4 rings (SSSR count). The van der Waals surface area contributed by atoms with Crippen molar-refractivity contribution in [3.63, 3.8) is 0 Å².